The highest BCUT2D eigenvalue weighted by atomic mass is 16.7. The first-order valence-electron chi connectivity index (χ1n) is 8.76. The zero-order chi connectivity index (χ0) is 17.9. The SMILES string of the molecule is CC1(C)CCC2=C(O1)c1ccccc1[C@]1(OC[C@](C)(CO)CO1)C2=O. The Labute approximate surface area is 147 Å². The van der Waals surface area contributed by atoms with E-state index in [-0.39, 0.29) is 31.2 Å². The molecule has 1 fully saturated rings. The fourth-order valence-corrected chi connectivity index (χ4v) is 3.66. The number of hydrogen-bond acceptors (Lipinski definition) is 5. The second kappa shape index (κ2) is 5.40. The average molecular weight is 344 g/mol. The maximum atomic E-state index is 13.4. The molecule has 0 radical (unpaired) electrons. The van der Waals surface area contributed by atoms with Crippen LogP contribution in [0.15, 0.2) is 29.8 Å². The van der Waals surface area contributed by atoms with Gasteiger partial charge in [-0.15, -0.1) is 0 Å². The van der Waals surface area contributed by atoms with E-state index in [0.717, 1.165) is 12.0 Å². The van der Waals surface area contributed by atoms with Gasteiger partial charge in [-0.1, -0.05) is 31.2 Å². The van der Waals surface area contributed by atoms with Crippen molar-refractivity contribution in [3.05, 3.63) is 41.0 Å². The molecule has 0 amide bonds. The molecule has 134 valence electrons. The van der Waals surface area contributed by atoms with Gasteiger partial charge in [-0.05, 0) is 26.7 Å². The minimum absolute atomic E-state index is 0.0514. The van der Waals surface area contributed by atoms with Gasteiger partial charge >= 0.3 is 0 Å². The van der Waals surface area contributed by atoms with E-state index >= 15 is 0 Å². The van der Waals surface area contributed by atoms with Crippen LogP contribution < -0.4 is 0 Å². The zero-order valence-electron chi connectivity index (χ0n) is 14.9. The summed E-state index contributed by atoms with van der Waals surface area (Å²) in [5.74, 6) is -0.934. The molecule has 1 saturated heterocycles. The maximum Gasteiger partial charge on any atom is 0.261 e. The summed E-state index contributed by atoms with van der Waals surface area (Å²) in [5, 5.41) is 9.57. The molecule has 0 saturated carbocycles. The van der Waals surface area contributed by atoms with Gasteiger partial charge in [-0.3, -0.25) is 4.79 Å². The van der Waals surface area contributed by atoms with Crippen molar-refractivity contribution in [1.82, 2.24) is 0 Å². The summed E-state index contributed by atoms with van der Waals surface area (Å²) in [6.45, 7) is 6.43. The van der Waals surface area contributed by atoms with Gasteiger partial charge < -0.3 is 19.3 Å². The number of hydrogen-bond donors (Lipinski definition) is 1. The van der Waals surface area contributed by atoms with E-state index in [1.165, 1.54) is 0 Å². The molecule has 1 N–H and O–H groups in total. The average Bonchev–Trinajstić information content (AvgIpc) is 2.61. The fraction of sp³-hybridized carbons (Fsp3) is 0.550. The summed E-state index contributed by atoms with van der Waals surface area (Å²) in [7, 11) is 0. The molecule has 0 bridgehead atoms. The summed E-state index contributed by atoms with van der Waals surface area (Å²) < 4.78 is 18.2. The monoisotopic (exact) mass is 344 g/mol. The number of rotatable bonds is 1. The third-order valence-corrected chi connectivity index (χ3v) is 5.36. The van der Waals surface area contributed by atoms with Gasteiger partial charge in [0, 0.05) is 22.1 Å². The van der Waals surface area contributed by atoms with Gasteiger partial charge in [0.15, 0.2) is 0 Å². The Balaban J connectivity index is 1.82. The van der Waals surface area contributed by atoms with Crippen molar-refractivity contribution in [2.75, 3.05) is 19.8 Å². The molecule has 1 spiro atoms. The van der Waals surface area contributed by atoms with Crippen LogP contribution in [0.1, 0.15) is 44.7 Å². The molecule has 0 atom stereocenters. The quantitative estimate of drug-likeness (QED) is 0.849. The van der Waals surface area contributed by atoms with Crippen LogP contribution in [-0.4, -0.2) is 36.3 Å². The lowest BCUT2D eigenvalue weighted by molar-refractivity contribution is -0.295. The minimum Gasteiger partial charge on any atom is -0.487 e. The van der Waals surface area contributed by atoms with Gasteiger partial charge in [0.1, 0.15) is 11.4 Å². The van der Waals surface area contributed by atoms with Crippen molar-refractivity contribution >= 4 is 11.5 Å². The van der Waals surface area contributed by atoms with Crippen molar-refractivity contribution in [3.63, 3.8) is 0 Å². The van der Waals surface area contributed by atoms with Crippen molar-refractivity contribution in [1.29, 1.82) is 0 Å². The van der Waals surface area contributed by atoms with Gasteiger partial charge in [0.25, 0.3) is 5.79 Å². The minimum atomic E-state index is -1.42. The highest BCUT2D eigenvalue weighted by Gasteiger charge is 2.55. The summed E-state index contributed by atoms with van der Waals surface area (Å²) >= 11 is 0. The predicted octanol–water partition coefficient (Wildman–Crippen LogP) is 2.77. The molecule has 0 unspecified atom stereocenters. The van der Waals surface area contributed by atoms with E-state index in [0.29, 0.717) is 23.3 Å². The molecule has 1 aliphatic carbocycles. The summed E-state index contributed by atoms with van der Waals surface area (Å²) in [5.41, 5.74) is 1.39. The number of ketones is 1. The molecular weight excluding hydrogens is 320 g/mol. The molecule has 25 heavy (non-hydrogen) atoms. The van der Waals surface area contributed by atoms with Gasteiger partial charge in [-0.25, -0.2) is 0 Å². The number of benzene rings is 1. The highest BCUT2D eigenvalue weighted by Crippen LogP contribution is 2.50. The molecule has 2 heterocycles. The Hall–Kier alpha value is -1.69. The van der Waals surface area contributed by atoms with Crippen molar-refractivity contribution in [2.45, 2.75) is 45.0 Å². The number of carbonyl (C=O) groups is 1. The predicted molar refractivity (Wildman–Crippen MR) is 91.5 cm³/mol. The number of carbonyl (C=O) groups excluding carboxylic acids is 1. The third kappa shape index (κ3) is 2.45. The first-order chi connectivity index (χ1) is 11.8. The van der Waals surface area contributed by atoms with E-state index in [4.69, 9.17) is 14.2 Å². The number of fused-ring (bicyclic) bond motifs is 3. The van der Waals surface area contributed by atoms with E-state index in [9.17, 15) is 9.90 Å². The Bertz CT molecular complexity index is 753. The van der Waals surface area contributed by atoms with Crippen molar-refractivity contribution < 1.29 is 24.1 Å². The molecule has 3 aliphatic rings. The highest BCUT2D eigenvalue weighted by molar-refractivity contribution is 6.10. The van der Waals surface area contributed by atoms with E-state index in [1.807, 2.05) is 45.0 Å². The Morgan fingerprint density at radius 3 is 2.48 bits per heavy atom. The molecule has 4 rings (SSSR count). The molecule has 5 nitrogen and oxygen atoms in total. The lowest BCUT2D eigenvalue weighted by Gasteiger charge is -2.47. The van der Waals surface area contributed by atoms with Crippen molar-refractivity contribution in [3.8, 4) is 0 Å². The Kier molecular flexibility index (Phi) is 3.62. The Morgan fingerprint density at radius 2 is 1.80 bits per heavy atom. The number of aliphatic hydroxyl groups excluding tert-OH is 1. The Morgan fingerprint density at radius 1 is 1.12 bits per heavy atom. The molecule has 0 aromatic heterocycles. The third-order valence-electron chi connectivity index (χ3n) is 5.36. The van der Waals surface area contributed by atoms with E-state index < -0.39 is 11.2 Å². The topological polar surface area (TPSA) is 65.0 Å². The van der Waals surface area contributed by atoms with Crippen LogP contribution in [0.25, 0.3) is 5.76 Å². The first-order valence-corrected chi connectivity index (χ1v) is 8.76. The summed E-state index contributed by atoms with van der Waals surface area (Å²) in [4.78, 5) is 13.4. The molecule has 2 aliphatic heterocycles. The van der Waals surface area contributed by atoms with Crippen LogP contribution in [0.5, 0.6) is 0 Å². The van der Waals surface area contributed by atoms with E-state index in [2.05, 4.69) is 0 Å². The van der Waals surface area contributed by atoms with Crippen LogP contribution in [-0.2, 0) is 24.8 Å². The molecule has 5 heteroatoms. The molecule has 1 aromatic rings. The number of ether oxygens (including phenoxy) is 3. The molecular formula is C20H24O5. The number of Topliss-reactive ketones (excluding diaryl/α,β-unsaturated/α-hetero) is 1. The maximum absolute atomic E-state index is 13.4. The largest absolute Gasteiger partial charge is 0.487 e. The normalized spacial score (nSPS) is 33.7. The fourth-order valence-electron chi connectivity index (χ4n) is 3.66. The smallest absolute Gasteiger partial charge is 0.261 e. The lowest BCUT2D eigenvalue weighted by Crippen LogP contribution is -2.55. The zero-order valence-corrected chi connectivity index (χ0v) is 14.9. The molecule has 1 aromatic carbocycles. The summed E-state index contributed by atoms with van der Waals surface area (Å²) in [6, 6.07) is 7.62. The van der Waals surface area contributed by atoms with Gasteiger partial charge in [0.2, 0.25) is 5.78 Å². The van der Waals surface area contributed by atoms with Crippen LogP contribution in [0.3, 0.4) is 0 Å². The van der Waals surface area contributed by atoms with Crippen LogP contribution in [0.2, 0.25) is 0 Å². The van der Waals surface area contributed by atoms with Gasteiger partial charge in [0.05, 0.1) is 19.8 Å². The van der Waals surface area contributed by atoms with Gasteiger partial charge in [-0.2, -0.15) is 0 Å². The number of aliphatic hydroxyl groups is 1. The van der Waals surface area contributed by atoms with Crippen LogP contribution >= 0.6 is 0 Å². The second-order valence-corrected chi connectivity index (χ2v) is 8.21. The van der Waals surface area contributed by atoms with E-state index in [1.54, 1.807) is 0 Å². The lowest BCUT2D eigenvalue weighted by atomic mass is 9.78. The van der Waals surface area contributed by atoms with Crippen LogP contribution in [0.4, 0.5) is 0 Å². The van der Waals surface area contributed by atoms with Crippen LogP contribution in [0, 0.1) is 5.41 Å². The standard InChI is InChI=1S/C20H24O5/c1-18(2)9-8-14-16(25-18)13-6-4-5-7-15(13)20(17(14)22)23-11-19(3,10-21)12-24-20/h4-7,21H,8-12H2,1-3H3/t19-,20+. The van der Waals surface area contributed by atoms with Crippen molar-refractivity contribution in [2.24, 2.45) is 5.41 Å². The first kappa shape index (κ1) is 16.8. The summed E-state index contributed by atoms with van der Waals surface area (Å²) in [6.07, 6.45) is 1.41. The second-order valence-electron chi connectivity index (χ2n) is 8.21.